The second-order valence-electron chi connectivity index (χ2n) is 3.64. The van der Waals surface area contributed by atoms with Crippen molar-refractivity contribution >= 4 is 29.8 Å². The molecule has 8 heteroatoms. The first-order valence-corrected chi connectivity index (χ1v) is 5.15. The number of carbonyl (C=O) groups is 1. The monoisotopic (exact) mass is 281 g/mol. The highest BCUT2D eigenvalue weighted by molar-refractivity contribution is 5.89. The first-order valence-electron chi connectivity index (χ1n) is 5.15. The Labute approximate surface area is 114 Å². The number of anilines is 2. The van der Waals surface area contributed by atoms with Crippen molar-refractivity contribution in [3.05, 3.63) is 34.7 Å². The molecule has 4 N–H and O–H groups in total. The van der Waals surface area contributed by atoms with E-state index >= 15 is 0 Å². The zero-order chi connectivity index (χ0) is 13.1. The third-order valence-electron chi connectivity index (χ3n) is 2.20. The molecular weight excluding hydrogens is 270 g/mol. The molecule has 2 aromatic rings. The lowest BCUT2D eigenvalue weighted by molar-refractivity contribution is -0.114. The van der Waals surface area contributed by atoms with E-state index in [1.165, 1.54) is 25.3 Å². The molecule has 0 unspecified atom stereocenters. The van der Waals surface area contributed by atoms with E-state index in [0.717, 1.165) is 0 Å². The molecule has 19 heavy (non-hydrogen) atoms. The summed E-state index contributed by atoms with van der Waals surface area (Å²) in [6, 6.07) is 4.43. The molecule has 0 saturated heterocycles. The summed E-state index contributed by atoms with van der Waals surface area (Å²) >= 11 is 0. The van der Waals surface area contributed by atoms with E-state index in [1.807, 2.05) is 0 Å². The highest BCUT2D eigenvalue weighted by atomic mass is 35.5. The van der Waals surface area contributed by atoms with Crippen molar-refractivity contribution in [2.45, 2.75) is 6.92 Å². The smallest absolute Gasteiger partial charge is 0.264 e. The van der Waals surface area contributed by atoms with Gasteiger partial charge in [0, 0.05) is 36.5 Å². The van der Waals surface area contributed by atoms with Gasteiger partial charge in [0.2, 0.25) is 5.91 Å². The highest BCUT2D eigenvalue weighted by Crippen LogP contribution is 2.24. The van der Waals surface area contributed by atoms with E-state index in [9.17, 15) is 9.59 Å². The van der Waals surface area contributed by atoms with Crippen molar-refractivity contribution in [2.75, 3.05) is 11.1 Å². The Morgan fingerprint density at radius 3 is 2.68 bits per heavy atom. The number of pyridine rings is 1. The van der Waals surface area contributed by atoms with Crippen LogP contribution in [0.15, 0.2) is 29.2 Å². The van der Waals surface area contributed by atoms with Crippen LogP contribution in [0.25, 0.3) is 11.3 Å². The van der Waals surface area contributed by atoms with Gasteiger partial charge in [0.1, 0.15) is 5.82 Å². The molecule has 0 atom stereocenters. The summed E-state index contributed by atoms with van der Waals surface area (Å²) in [5, 5.41) is 8.69. The molecule has 0 radical (unpaired) electrons. The van der Waals surface area contributed by atoms with Crippen LogP contribution in [-0.2, 0) is 4.79 Å². The normalized spacial score (nSPS) is 9.53. The molecule has 2 aromatic heterocycles. The third-order valence-corrected chi connectivity index (χ3v) is 2.20. The van der Waals surface area contributed by atoms with Gasteiger partial charge in [-0.3, -0.25) is 9.59 Å². The van der Waals surface area contributed by atoms with Crippen molar-refractivity contribution in [1.29, 1.82) is 0 Å². The van der Waals surface area contributed by atoms with Crippen LogP contribution >= 0.6 is 12.4 Å². The Kier molecular flexibility index (Phi) is 4.60. The molecule has 0 fully saturated rings. The number of hydrogen-bond acceptors (Lipinski definition) is 5. The number of nitrogen functional groups attached to an aromatic ring is 1. The largest absolute Gasteiger partial charge is 0.398 e. The summed E-state index contributed by atoms with van der Waals surface area (Å²) in [5.74, 6) is 0.144. The number of carbonyl (C=O) groups excluding carboxylic acids is 1. The number of aromatic nitrogens is 3. The fraction of sp³-hybridized carbons (Fsp3) is 0.0909. The van der Waals surface area contributed by atoms with Gasteiger partial charge in [-0.15, -0.1) is 12.4 Å². The maximum atomic E-state index is 10.9. The second-order valence-corrected chi connectivity index (χ2v) is 3.64. The Bertz CT molecular complexity index is 635. The maximum Gasteiger partial charge on any atom is 0.264 e. The van der Waals surface area contributed by atoms with Crippen molar-refractivity contribution in [2.24, 2.45) is 0 Å². The van der Waals surface area contributed by atoms with Gasteiger partial charge in [-0.25, -0.2) is 10.1 Å². The molecule has 0 saturated carbocycles. The van der Waals surface area contributed by atoms with Gasteiger partial charge < -0.3 is 11.1 Å². The first-order chi connectivity index (χ1) is 8.56. The Morgan fingerprint density at radius 1 is 1.42 bits per heavy atom. The van der Waals surface area contributed by atoms with Crippen molar-refractivity contribution < 1.29 is 4.79 Å². The molecule has 0 aromatic carbocycles. The van der Waals surface area contributed by atoms with Crippen LogP contribution in [0, 0.1) is 0 Å². The summed E-state index contributed by atoms with van der Waals surface area (Å²) in [5.41, 5.74) is 7.05. The molecule has 7 nitrogen and oxygen atoms in total. The molecule has 0 aliphatic heterocycles. The number of hydrogen-bond donors (Lipinski definition) is 3. The molecule has 1 amide bonds. The molecule has 0 aliphatic carbocycles. The number of rotatable bonds is 2. The number of aromatic amines is 1. The minimum Gasteiger partial charge on any atom is -0.398 e. The van der Waals surface area contributed by atoms with Gasteiger partial charge in [0.15, 0.2) is 0 Å². The Morgan fingerprint density at radius 2 is 2.16 bits per heavy atom. The summed E-state index contributed by atoms with van der Waals surface area (Å²) in [7, 11) is 0. The zero-order valence-corrected chi connectivity index (χ0v) is 10.8. The average Bonchev–Trinajstić information content (AvgIpc) is 2.30. The maximum absolute atomic E-state index is 10.9. The van der Waals surface area contributed by atoms with E-state index in [2.05, 4.69) is 20.5 Å². The van der Waals surface area contributed by atoms with Crippen LogP contribution < -0.4 is 16.6 Å². The van der Waals surface area contributed by atoms with Crippen molar-refractivity contribution in [1.82, 2.24) is 15.2 Å². The highest BCUT2D eigenvalue weighted by Gasteiger charge is 2.07. The Balaban J connectivity index is 0.00000180. The molecule has 100 valence electrons. The lowest BCUT2D eigenvalue weighted by Gasteiger charge is -2.06. The predicted molar refractivity (Wildman–Crippen MR) is 74.1 cm³/mol. The lowest BCUT2D eigenvalue weighted by atomic mass is 10.1. The number of nitrogens with one attached hydrogen (secondary N) is 2. The second kappa shape index (κ2) is 5.96. The van der Waals surface area contributed by atoms with Gasteiger partial charge in [0.25, 0.3) is 5.56 Å². The fourth-order valence-corrected chi connectivity index (χ4v) is 1.43. The summed E-state index contributed by atoms with van der Waals surface area (Å²) in [6.07, 6.45) is 1.49. The van der Waals surface area contributed by atoms with E-state index in [1.54, 1.807) is 6.07 Å². The van der Waals surface area contributed by atoms with Gasteiger partial charge in [-0.2, -0.15) is 5.10 Å². The first kappa shape index (κ1) is 14.7. The average molecular weight is 282 g/mol. The molecular formula is C11H12ClN5O2. The molecule has 2 heterocycles. The van der Waals surface area contributed by atoms with Gasteiger partial charge in [-0.1, -0.05) is 0 Å². The number of H-pyrrole nitrogens is 1. The van der Waals surface area contributed by atoms with Crippen LogP contribution in [0.5, 0.6) is 0 Å². The van der Waals surface area contributed by atoms with Crippen molar-refractivity contribution in [3.63, 3.8) is 0 Å². The quantitative estimate of drug-likeness (QED) is 0.753. The number of nitrogens with zero attached hydrogens (tertiary/aromatic N) is 2. The number of amides is 1. The predicted octanol–water partition coefficient (Wildman–Crippen LogP) is 0.794. The SMILES string of the molecule is CC(=O)Nc1cc(N)c(-c2ccc(=O)[nH]n2)cn1.Cl. The summed E-state index contributed by atoms with van der Waals surface area (Å²) < 4.78 is 0. The van der Waals surface area contributed by atoms with Crippen LogP contribution in [0.1, 0.15) is 6.92 Å². The van der Waals surface area contributed by atoms with Gasteiger partial charge >= 0.3 is 0 Å². The molecule has 0 aliphatic rings. The van der Waals surface area contributed by atoms with Crippen LogP contribution in [0.2, 0.25) is 0 Å². The van der Waals surface area contributed by atoms with Crippen LogP contribution in [-0.4, -0.2) is 21.1 Å². The molecule has 0 bridgehead atoms. The minimum atomic E-state index is -0.292. The van der Waals surface area contributed by atoms with E-state index in [4.69, 9.17) is 5.73 Å². The lowest BCUT2D eigenvalue weighted by Crippen LogP contribution is -2.09. The summed E-state index contributed by atoms with van der Waals surface area (Å²) in [6.45, 7) is 1.38. The minimum absolute atomic E-state index is 0. The Hall–Kier alpha value is -2.41. The van der Waals surface area contributed by atoms with Gasteiger partial charge in [0.05, 0.1) is 5.69 Å². The van der Waals surface area contributed by atoms with Crippen molar-refractivity contribution in [3.8, 4) is 11.3 Å². The summed E-state index contributed by atoms with van der Waals surface area (Å²) in [4.78, 5) is 25.8. The fourth-order valence-electron chi connectivity index (χ4n) is 1.43. The third kappa shape index (κ3) is 3.52. The number of halogens is 1. The topological polar surface area (TPSA) is 114 Å². The zero-order valence-electron chi connectivity index (χ0n) is 10.0. The standard InChI is InChI=1S/C11H11N5O2.ClH/c1-6(17)14-10-4-8(12)7(5-13-10)9-2-3-11(18)16-15-9;/h2-5H,1H3,(H,16,18)(H3,12,13,14,17);1H. The van der Waals surface area contributed by atoms with Gasteiger partial charge in [-0.05, 0) is 6.07 Å². The van der Waals surface area contributed by atoms with E-state index < -0.39 is 0 Å². The molecule has 0 spiro atoms. The van der Waals surface area contributed by atoms with E-state index in [-0.39, 0.29) is 23.9 Å². The van der Waals surface area contributed by atoms with Crippen LogP contribution in [0.4, 0.5) is 11.5 Å². The van der Waals surface area contributed by atoms with Crippen LogP contribution in [0.3, 0.4) is 0 Å². The number of nitrogens with two attached hydrogens (primary N) is 1. The molecule has 2 rings (SSSR count). The van der Waals surface area contributed by atoms with E-state index in [0.29, 0.717) is 22.8 Å².